The minimum absolute atomic E-state index is 0.111. The Morgan fingerprint density at radius 2 is 1.69 bits per heavy atom. The third kappa shape index (κ3) is 7.88. The summed E-state index contributed by atoms with van der Waals surface area (Å²) in [6, 6.07) is 18.4. The molecule has 1 amide bonds. The van der Waals surface area contributed by atoms with Crippen LogP contribution in [-0.2, 0) is 14.8 Å². The molecule has 35 heavy (non-hydrogen) atoms. The molecule has 3 aromatic rings. The van der Waals surface area contributed by atoms with Gasteiger partial charge in [0.2, 0.25) is 5.91 Å². The van der Waals surface area contributed by atoms with Gasteiger partial charge in [-0.1, -0.05) is 11.6 Å². The number of ether oxygens (including phenoxy) is 1. The molecule has 1 N–H and O–H groups in total. The Bertz CT molecular complexity index is 1210. The lowest BCUT2D eigenvalue weighted by molar-refractivity contribution is -0.119. The van der Waals surface area contributed by atoms with E-state index in [0.717, 1.165) is 27.1 Å². The maximum absolute atomic E-state index is 13.4. The number of halogens is 2. The fourth-order valence-electron chi connectivity index (χ4n) is 3.13. The molecule has 10 heteroatoms. The third-order valence-electron chi connectivity index (χ3n) is 4.85. The van der Waals surface area contributed by atoms with Gasteiger partial charge in [0, 0.05) is 16.5 Å². The maximum Gasteiger partial charge on any atom is 0.264 e. The highest BCUT2D eigenvalue weighted by atomic mass is 35.5. The molecule has 0 atom stereocenters. The van der Waals surface area contributed by atoms with Gasteiger partial charge in [0.25, 0.3) is 10.0 Å². The van der Waals surface area contributed by atoms with Gasteiger partial charge in [-0.15, -0.1) is 11.8 Å². The van der Waals surface area contributed by atoms with E-state index in [1.807, 2.05) is 31.2 Å². The van der Waals surface area contributed by atoms with Gasteiger partial charge in [0.1, 0.15) is 18.1 Å². The molecule has 3 aromatic carbocycles. The number of carbonyl (C=O) groups excluding carboxylic acids is 1. The normalized spacial score (nSPS) is 11.2. The minimum atomic E-state index is -4.12. The number of hydrogen-bond acceptors (Lipinski definition) is 5. The van der Waals surface area contributed by atoms with Gasteiger partial charge < -0.3 is 10.1 Å². The van der Waals surface area contributed by atoms with Crippen molar-refractivity contribution in [3.8, 4) is 5.75 Å². The quantitative estimate of drug-likeness (QED) is 0.249. The largest absolute Gasteiger partial charge is 0.494 e. The van der Waals surface area contributed by atoms with Crippen LogP contribution in [0.5, 0.6) is 5.75 Å². The summed E-state index contributed by atoms with van der Waals surface area (Å²) in [6.07, 6.45) is 0.701. The number of thioether (sulfide) groups is 1. The highest BCUT2D eigenvalue weighted by Crippen LogP contribution is 2.26. The molecule has 0 saturated carbocycles. The molecule has 0 aliphatic heterocycles. The van der Waals surface area contributed by atoms with Crippen molar-refractivity contribution < 1.29 is 22.3 Å². The van der Waals surface area contributed by atoms with Crippen LogP contribution >= 0.6 is 23.4 Å². The number of nitrogens with one attached hydrogen (secondary N) is 1. The molecular formula is C25H26ClFN2O4S2. The van der Waals surface area contributed by atoms with Crippen molar-refractivity contribution >= 4 is 45.0 Å². The molecular weight excluding hydrogens is 511 g/mol. The Morgan fingerprint density at radius 3 is 2.31 bits per heavy atom. The van der Waals surface area contributed by atoms with Crippen molar-refractivity contribution in [1.82, 2.24) is 5.32 Å². The summed E-state index contributed by atoms with van der Waals surface area (Å²) in [6.45, 7) is 2.29. The molecule has 0 unspecified atom stereocenters. The second kappa shape index (κ2) is 12.8. The summed E-state index contributed by atoms with van der Waals surface area (Å²) in [5, 5.41) is 3.45. The Balaban J connectivity index is 1.66. The lowest BCUT2D eigenvalue weighted by Gasteiger charge is -2.24. The second-order valence-electron chi connectivity index (χ2n) is 7.40. The van der Waals surface area contributed by atoms with E-state index in [1.165, 1.54) is 12.1 Å². The van der Waals surface area contributed by atoms with Crippen molar-refractivity contribution in [3.05, 3.63) is 83.6 Å². The van der Waals surface area contributed by atoms with Gasteiger partial charge in [-0.05, 0) is 91.9 Å². The number of benzene rings is 3. The third-order valence-corrected chi connectivity index (χ3v) is 7.99. The zero-order valence-electron chi connectivity index (χ0n) is 19.1. The molecule has 0 bridgehead atoms. The fourth-order valence-corrected chi connectivity index (χ4v) is 5.53. The van der Waals surface area contributed by atoms with Crippen LogP contribution in [0.25, 0.3) is 0 Å². The van der Waals surface area contributed by atoms with Gasteiger partial charge in [0.05, 0.1) is 17.2 Å². The Labute approximate surface area is 214 Å². The summed E-state index contributed by atoms with van der Waals surface area (Å²) in [4.78, 5) is 13.6. The van der Waals surface area contributed by atoms with Crippen molar-refractivity contribution in [2.45, 2.75) is 23.1 Å². The van der Waals surface area contributed by atoms with Crippen molar-refractivity contribution in [1.29, 1.82) is 0 Å². The average Bonchev–Trinajstić information content (AvgIpc) is 2.84. The average molecular weight is 537 g/mol. The van der Waals surface area contributed by atoms with Crippen LogP contribution in [0.1, 0.15) is 13.3 Å². The minimum Gasteiger partial charge on any atom is -0.494 e. The predicted octanol–water partition coefficient (Wildman–Crippen LogP) is 5.37. The van der Waals surface area contributed by atoms with Crippen molar-refractivity contribution in [3.63, 3.8) is 0 Å². The molecule has 6 nitrogen and oxygen atoms in total. The summed E-state index contributed by atoms with van der Waals surface area (Å²) >= 11 is 7.53. The van der Waals surface area contributed by atoms with E-state index in [-0.39, 0.29) is 4.90 Å². The Kier molecular flexibility index (Phi) is 9.83. The van der Waals surface area contributed by atoms with Crippen molar-refractivity contribution in [2.24, 2.45) is 0 Å². The number of sulfonamides is 1. The molecule has 0 aliphatic rings. The first-order valence-corrected chi connectivity index (χ1v) is 13.8. The second-order valence-corrected chi connectivity index (χ2v) is 10.9. The lowest BCUT2D eigenvalue weighted by Crippen LogP contribution is -2.41. The molecule has 0 saturated heterocycles. The molecule has 186 valence electrons. The highest BCUT2D eigenvalue weighted by molar-refractivity contribution is 7.99. The van der Waals surface area contributed by atoms with Crippen LogP contribution in [0, 0.1) is 5.82 Å². The highest BCUT2D eigenvalue weighted by Gasteiger charge is 2.27. The summed E-state index contributed by atoms with van der Waals surface area (Å²) in [7, 11) is -4.12. The van der Waals surface area contributed by atoms with Gasteiger partial charge in [-0.25, -0.2) is 12.8 Å². The smallest absolute Gasteiger partial charge is 0.264 e. The van der Waals surface area contributed by atoms with E-state index in [4.69, 9.17) is 16.3 Å². The van der Waals surface area contributed by atoms with Crippen LogP contribution in [0.3, 0.4) is 0 Å². The Hall–Kier alpha value is -2.75. The van der Waals surface area contributed by atoms with E-state index >= 15 is 0 Å². The van der Waals surface area contributed by atoms with E-state index in [2.05, 4.69) is 5.32 Å². The van der Waals surface area contributed by atoms with Gasteiger partial charge in [-0.3, -0.25) is 9.10 Å². The Morgan fingerprint density at radius 1 is 1.03 bits per heavy atom. The lowest BCUT2D eigenvalue weighted by atomic mass is 10.3. The molecule has 0 fully saturated rings. The van der Waals surface area contributed by atoms with Crippen LogP contribution in [0.2, 0.25) is 5.02 Å². The van der Waals surface area contributed by atoms with Crippen LogP contribution in [0.4, 0.5) is 10.1 Å². The van der Waals surface area contributed by atoms with E-state index in [0.29, 0.717) is 36.0 Å². The fraction of sp³-hybridized carbons (Fsp3) is 0.240. The van der Waals surface area contributed by atoms with Gasteiger partial charge >= 0.3 is 0 Å². The molecule has 0 spiro atoms. The number of nitrogens with zero attached hydrogens (tertiary/aromatic N) is 1. The predicted molar refractivity (Wildman–Crippen MR) is 138 cm³/mol. The van der Waals surface area contributed by atoms with Gasteiger partial charge in [0.15, 0.2) is 0 Å². The first-order valence-electron chi connectivity index (χ1n) is 11.0. The standard InChI is InChI=1S/C25H26ClFN2O4S2/c1-2-33-22-10-8-21(9-11-22)29(35(31,32)24-14-6-20(27)7-15-24)18-25(30)28-16-3-17-34-23-12-4-19(26)5-13-23/h4-15H,2-3,16-18H2,1H3,(H,28,30). The van der Waals surface area contributed by atoms with Crippen LogP contribution < -0.4 is 14.4 Å². The van der Waals surface area contributed by atoms with E-state index < -0.39 is 28.3 Å². The molecule has 0 heterocycles. The first kappa shape index (κ1) is 26.8. The van der Waals surface area contributed by atoms with Crippen LogP contribution in [-0.4, -0.2) is 39.8 Å². The number of rotatable bonds is 12. The number of hydrogen-bond donors (Lipinski definition) is 1. The number of amides is 1. The van der Waals surface area contributed by atoms with E-state index in [1.54, 1.807) is 36.0 Å². The topological polar surface area (TPSA) is 75.7 Å². The summed E-state index contributed by atoms with van der Waals surface area (Å²) in [5.41, 5.74) is 0.297. The zero-order valence-corrected chi connectivity index (χ0v) is 21.5. The molecule has 0 aromatic heterocycles. The van der Waals surface area contributed by atoms with Crippen molar-refractivity contribution in [2.75, 3.05) is 29.8 Å². The maximum atomic E-state index is 13.4. The monoisotopic (exact) mass is 536 g/mol. The SMILES string of the molecule is CCOc1ccc(N(CC(=O)NCCCSc2ccc(Cl)cc2)S(=O)(=O)c2ccc(F)cc2)cc1. The van der Waals surface area contributed by atoms with Crippen LogP contribution in [0.15, 0.2) is 82.6 Å². The summed E-state index contributed by atoms with van der Waals surface area (Å²) < 4.78 is 46.4. The molecule has 0 radical (unpaired) electrons. The molecule has 3 rings (SSSR count). The van der Waals surface area contributed by atoms with Gasteiger partial charge in [-0.2, -0.15) is 0 Å². The zero-order chi connectivity index (χ0) is 25.3. The number of carbonyl (C=O) groups is 1. The first-order chi connectivity index (χ1) is 16.8. The van der Waals surface area contributed by atoms with E-state index in [9.17, 15) is 17.6 Å². The summed E-state index contributed by atoms with van der Waals surface area (Å²) in [5.74, 6) is 0.364. The molecule has 0 aliphatic carbocycles. The number of anilines is 1.